The smallest absolute Gasteiger partial charge is 0.306 e. The number of benzene rings is 2. The minimum atomic E-state index is -0.812. The number of carboxylic acids is 1. The minimum Gasteiger partial charge on any atom is -0.489 e. The van der Waals surface area contributed by atoms with Crippen LogP contribution in [0.2, 0.25) is 0 Å². The molecule has 1 aliphatic rings. The average Bonchev–Trinajstić information content (AvgIpc) is 2.87. The van der Waals surface area contributed by atoms with E-state index >= 15 is 0 Å². The predicted octanol–water partition coefficient (Wildman–Crippen LogP) is 4.38. The van der Waals surface area contributed by atoms with Gasteiger partial charge in [-0.15, -0.1) is 0 Å². The first kappa shape index (κ1) is 18.2. The zero-order valence-electron chi connectivity index (χ0n) is 15.2. The van der Waals surface area contributed by atoms with Crippen molar-refractivity contribution in [2.75, 3.05) is 0 Å². The van der Waals surface area contributed by atoms with Gasteiger partial charge < -0.3 is 14.6 Å². The van der Waals surface area contributed by atoms with Crippen molar-refractivity contribution in [3.05, 3.63) is 58.9 Å². The van der Waals surface area contributed by atoms with Gasteiger partial charge in [-0.2, -0.15) is 0 Å². The molecule has 0 saturated carbocycles. The maximum atomic E-state index is 13.9. The van der Waals surface area contributed by atoms with E-state index in [1.165, 1.54) is 12.1 Å². The lowest BCUT2D eigenvalue weighted by molar-refractivity contribution is -0.141. The number of aliphatic carboxylic acids is 1. The largest absolute Gasteiger partial charge is 0.489 e. The summed E-state index contributed by atoms with van der Waals surface area (Å²) in [7, 11) is 0. The molecule has 3 rings (SSSR count). The molecule has 0 bridgehead atoms. The van der Waals surface area contributed by atoms with E-state index in [9.17, 15) is 9.18 Å². The van der Waals surface area contributed by atoms with Gasteiger partial charge in [-0.3, -0.25) is 4.79 Å². The molecule has 2 aromatic rings. The van der Waals surface area contributed by atoms with Crippen molar-refractivity contribution >= 4 is 5.97 Å². The lowest BCUT2D eigenvalue weighted by atomic mass is 10.0. The number of ether oxygens (including phenoxy) is 2. The molecule has 0 amide bonds. The maximum Gasteiger partial charge on any atom is 0.306 e. The van der Waals surface area contributed by atoms with Crippen LogP contribution in [0.5, 0.6) is 11.5 Å². The Bertz CT molecular complexity index is 812. The van der Waals surface area contributed by atoms with Crippen LogP contribution in [0, 0.1) is 11.7 Å². The van der Waals surface area contributed by atoms with Gasteiger partial charge in [-0.25, -0.2) is 4.39 Å². The second-order valence-electron chi connectivity index (χ2n) is 7.47. The Hall–Kier alpha value is -2.56. The summed E-state index contributed by atoms with van der Waals surface area (Å²) < 4.78 is 25.6. The average molecular weight is 358 g/mol. The van der Waals surface area contributed by atoms with Gasteiger partial charge in [0.05, 0.1) is 5.92 Å². The summed E-state index contributed by atoms with van der Waals surface area (Å²) in [5, 5.41) is 8.98. The molecule has 2 aromatic carbocycles. The van der Waals surface area contributed by atoms with Crippen LogP contribution in [0.25, 0.3) is 0 Å². The van der Waals surface area contributed by atoms with E-state index in [0.29, 0.717) is 29.9 Å². The molecule has 1 heterocycles. The Morgan fingerprint density at radius 2 is 2.00 bits per heavy atom. The third-order valence-electron chi connectivity index (χ3n) is 4.48. The van der Waals surface area contributed by atoms with E-state index in [1.54, 1.807) is 19.1 Å². The lowest BCUT2D eigenvalue weighted by Gasteiger charge is -2.18. The molecule has 1 atom stereocenters. The van der Waals surface area contributed by atoms with Crippen molar-refractivity contribution in [3.63, 3.8) is 0 Å². The van der Waals surface area contributed by atoms with Crippen molar-refractivity contribution in [1.29, 1.82) is 0 Å². The van der Waals surface area contributed by atoms with Crippen LogP contribution in [0.15, 0.2) is 36.4 Å². The molecular formula is C21H23FO4. The second-order valence-corrected chi connectivity index (χ2v) is 7.47. The third-order valence-corrected chi connectivity index (χ3v) is 4.48. The van der Waals surface area contributed by atoms with E-state index in [-0.39, 0.29) is 18.0 Å². The molecule has 0 aromatic heterocycles. The van der Waals surface area contributed by atoms with Gasteiger partial charge in [0.2, 0.25) is 0 Å². The lowest BCUT2D eigenvalue weighted by Crippen LogP contribution is -2.25. The number of rotatable bonds is 6. The van der Waals surface area contributed by atoms with Crippen LogP contribution in [-0.4, -0.2) is 16.7 Å². The van der Waals surface area contributed by atoms with Gasteiger partial charge in [0.15, 0.2) is 0 Å². The molecular weight excluding hydrogens is 335 g/mol. The first-order valence-electron chi connectivity index (χ1n) is 8.68. The Kier molecular flexibility index (Phi) is 4.90. The van der Waals surface area contributed by atoms with Crippen LogP contribution in [0.3, 0.4) is 0 Å². The normalized spacial score (nSPS) is 15.8. The summed E-state index contributed by atoms with van der Waals surface area (Å²) >= 11 is 0. The first-order chi connectivity index (χ1) is 12.2. The van der Waals surface area contributed by atoms with E-state index in [0.717, 1.165) is 11.1 Å². The zero-order chi connectivity index (χ0) is 18.9. The van der Waals surface area contributed by atoms with Crippen molar-refractivity contribution in [2.24, 2.45) is 5.92 Å². The van der Waals surface area contributed by atoms with Gasteiger partial charge in [0, 0.05) is 17.5 Å². The molecule has 1 aliphatic heterocycles. The summed E-state index contributed by atoms with van der Waals surface area (Å²) in [4.78, 5) is 10.9. The number of fused-ring (bicyclic) bond motifs is 1. The summed E-state index contributed by atoms with van der Waals surface area (Å²) in [5.41, 5.74) is 2.15. The molecule has 0 fully saturated rings. The van der Waals surface area contributed by atoms with Gasteiger partial charge in [-0.1, -0.05) is 19.1 Å². The van der Waals surface area contributed by atoms with Crippen molar-refractivity contribution in [1.82, 2.24) is 0 Å². The Morgan fingerprint density at radius 1 is 1.31 bits per heavy atom. The quantitative estimate of drug-likeness (QED) is 0.832. The van der Waals surface area contributed by atoms with Crippen LogP contribution >= 0.6 is 0 Å². The van der Waals surface area contributed by atoms with Gasteiger partial charge >= 0.3 is 5.97 Å². The molecule has 0 spiro atoms. The molecule has 1 N–H and O–H groups in total. The van der Waals surface area contributed by atoms with Crippen LogP contribution in [-0.2, 0) is 24.2 Å². The Labute approximate surface area is 152 Å². The van der Waals surface area contributed by atoms with Crippen molar-refractivity contribution < 1.29 is 23.8 Å². The number of hydrogen-bond donors (Lipinski definition) is 1. The highest BCUT2D eigenvalue weighted by molar-refractivity contribution is 5.69. The van der Waals surface area contributed by atoms with E-state index < -0.39 is 11.9 Å². The fourth-order valence-electron chi connectivity index (χ4n) is 3.18. The molecule has 26 heavy (non-hydrogen) atoms. The van der Waals surface area contributed by atoms with Crippen LogP contribution < -0.4 is 9.47 Å². The summed E-state index contributed by atoms with van der Waals surface area (Å²) in [6.45, 7) is 5.85. The summed E-state index contributed by atoms with van der Waals surface area (Å²) in [5.74, 6) is -0.178. The maximum absolute atomic E-state index is 13.9. The minimum absolute atomic E-state index is 0.209. The van der Waals surface area contributed by atoms with Gasteiger partial charge in [-0.05, 0) is 50.1 Å². The van der Waals surface area contributed by atoms with Crippen LogP contribution in [0.4, 0.5) is 4.39 Å². The van der Waals surface area contributed by atoms with Gasteiger partial charge in [0.1, 0.15) is 29.5 Å². The molecule has 0 radical (unpaired) electrons. The molecule has 4 nitrogen and oxygen atoms in total. The SMILES string of the molecule is C[C@H](Cc1ccc(OCc2cc(F)cc3c2OC(C)(C)C3)cc1)C(=O)O. The Balaban J connectivity index is 1.68. The predicted molar refractivity (Wildman–Crippen MR) is 96.1 cm³/mol. The van der Waals surface area contributed by atoms with E-state index in [2.05, 4.69) is 0 Å². The van der Waals surface area contributed by atoms with Crippen LogP contribution in [0.1, 0.15) is 37.5 Å². The third kappa shape index (κ3) is 4.15. The molecule has 138 valence electrons. The van der Waals surface area contributed by atoms with E-state index in [4.69, 9.17) is 14.6 Å². The highest BCUT2D eigenvalue weighted by Crippen LogP contribution is 2.38. The number of carboxylic acid groups (broad SMARTS) is 1. The van der Waals surface area contributed by atoms with Crippen molar-refractivity contribution in [3.8, 4) is 11.5 Å². The fourth-order valence-corrected chi connectivity index (χ4v) is 3.18. The fraction of sp³-hybridized carbons (Fsp3) is 0.381. The molecule has 0 saturated heterocycles. The zero-order valence-corrected chi connectivity index (χ0v) is 15.2. The number of carbonyl (C=O) groups is 1. The standard InChI is InChI=1S/C21H23FO4/c1-13(20(23)24)8-14-4-6-18(7-5-14)25-12-16-10-17(22)9-15-11-21(2,3)26-19(15)16/h4-7,9-10,13H,8,11-12H2,1-3H3,(H,23,24)/t13-/m1/s1. The number of hydrogen-bond acceptors (Lipinski definition) is 3. The molecule has 0 unspecified atom stereocenters. The summed E-state index contributed by atoms with van der Waals surface area (Å²) in [6.07, 6.45) is 1.14. The topological polar surface area (TPSA) is 55.8 Å². The monoisotopic (exact) mass is 358 g/mol. The number of halogens is 1. The van der Waals surface area contributed by atoms with Gasteiger partial charge in [0.25, 0.3) is 0 Å². The molecule has 0 aliphatic carbocycles. The van der Waals surface area contributed by atoms with E-state index in [1.807, 2.05) is 26.0 Å². The van der Waals surface area contributed by atoms with Crippen molar-refractivity contribution in [2.45, 2.75) is 45.8 Å². The Morgan fingerprint density at radius 3 is 2.65 bits per heavy atom. The highest BCUT2D eigenvalue weighted by atomic mass is 19.1. The highest BCUT2D eigenvalue weighted by Gasteiger charge is 2.32. The second kappa shape index (κ2) is 6.98. The molecule has 5 heteroatoms. The summed E-state index contributed by atoms with van der Waals surface area (Å²) in [6, 6.07) is 10.3. The first-order valence-corrected chi connectivity index (χ1v) is 8.68.